The van der Waals surface area contributed by atoms with E-state index in [0.717, 1.165) is 19.9 Å². The maximum Gasteiger partial charge on any atom is 0.212 e. The van der Waals surface area contributed by atoms with Crippen molar-refractivity contribution in [2.24, 2.45) is 0 Å². The second kappa shape index (κ2) is 3.05. The lowest BCUT2D eigenvalue weighted by Gasteiger charge is -1.84. The summed E-state index contributed by atoms with van der Waals surface area (Å²) in [6.45, 7) is 0. The van der Waals surface area contributed by atoms with E-state index in [2.05, 4.69) is 10.1 Å². The molecule has 0 saturated carbocycles. The van der Waals surface area contributed by atoms with Gasteiger partial charge in [0.15, 0.2) is 0 Å². The molecule has 0 unspecified atom stereocenters. The summed E-state index contributed by atoms with van der Waals surface area (Å²) >= 11 is 8.90. The van der Waals surface area contributed by atoms with Crippen molar-refractivity contribution in [1.29, 1.82) is 0 Å². The number of thiophene rings is 1. The Bertz CT molecular complexity index is 551. The molecule has 0 aliphatic carbocycles. The molecule has 0 amide bonds. The molecule has 0 aliphatic heterocycles. The van der Waals surface area contributed by atoms with E-state index in [4.69, 9.17) is 11.6 Å². The van der Waals surface area contributed by atoms with E-state index in [1.54, 1.807) is 10.0 Å². The highest BCUT2D eigenvalue weighted by Gasteiger charge is 2.07. The van der Waals surface area contributed by atoms with Crippen molar-refractivity contribution in [3.63, 3.8) is 0 Å². The summed E-state index contributed by atoms with van der Waals surface area (Å²) in [5.41, 5.74) is 2.70. The molecule has 3 nitrogen and oxygen atoms in total. The minimum Gasteiger partial charge on any atom is -0.217 e. The van der Waals surface area contributed by atoms with Crippen molar-refractivity contribution in [3.8, 4) is 10.6 Å². The number of rotatable bonds is 1. The molecule has 14 heavy (non-hydrogen) atoms. The van der Waals surface area contributed by atoms with Gasteiger partial charge in [0.1, 0.15) is 11.2 Å². The minimum atomic E-state index is 0.782. The molecular formula is C8H4ClN3S2. The Morgan fingerprint density at radius 2 is 2.29 bits per heavy atom. The van der Waals surface area contributed by atoms with Crippen LogP contribution in [-0.2, 0) is 0 Å². The average molecular weight is 242 g/mol. The molecule has 0 aliphatic rings. The Hall–Kier alpha value is -0.910. The predicted molar refractivity (Wildman–Crippen MR) is 59.2 cm³/mol. The molecule has 3 rings (SSSR count). The first kappa shape index (κ1) is 8.40. The van der Waals surface area contributed by atoms with Crippen LogP contribution < -0.4 is 0 Å². The van der Waals surface area contributed by atoms with E-state index in [9.17, 15) is 0 Å². The maximum atomic E-state index is 5.85. The summed E-state index contributed by atoms with van der Waals surface area (Å²) in [6, 6.07) is 3.85. The summed E-state index contributed by atoms with van der Waals surface area (Å²) in [4.78, 5) is 6.41. The van der Waals surface area contributed by atoms with Gasteiger partial charge in [-0.1, -0.05) is 22.9 Å². The molecule has 0 saturated heterocycles. The van der Waals surface area contributed by atoms with Crippen molar-refractivity contribution < 1.29 is 0 Å². The van der Waals surface area contributed by atoms with Crippen molar-refractivity contribution in [1.82, 2.24) is 14.6 Å². The van der Waals surface area contributed by atoms with Gasteiger partial charge in [-0.2, -0.15) is 5.10 Å². The molecule has 70 valence electrons. The van der Waals surface area contributed by atoms with Crippen LogP contribution in [0.4, 0.5) is 0 Å². The summed E-state index contributed by atoms with van der Waals surface area (Å²) in [5, 5.41) is 4.12. The molecule has 0 atom stereocenters. The van der Waals surface area contributed by atoms with Gasteiger partial charge in [0, 0.05) is 0 Å². The highest BCUT2D eigenvalue weighted by atomic mass is 35.5. The quantitative estimate of drug-likeness (QED) is 0.655. The lowest BCUT2D eigenvalue weighted by Crippen LogP contribution is -1.75. The predicted octanol–water partition coefficient (Wildman–Crippen LogP) is 3.17. The van der Waals surface area contributed by atoms with E-state index >= 15 is 0 Å². The number of imidazole rings is 1. The smallest absolute Gasteiger partial charge is 0.212 e. The van der Waals surface area contributed by atoms with Gasteiger partial charge in [-0.05, 0) is 12.1 Å². The number of halogens is 1. The van der Waals surface area contributed by atoms with Gasteiger partial charge in [0.05, 0.1) is 15.4 Å². The molecule has 3 aromatic heterocycles. The zero-order valence-corrected chi connectivity index (χ0v) is 9.23. The fourth-order valence-electron chi connectivity index (χ4n) is 1.21. The summed E-state index contributed by atoms with van der Waals surface area (Å²) in [5.74, 6) is 0. The fraction of sp³-hybridized carbons (Fsp3) is 0. The molecular weight excluding hydrogens is 238 g/mol. The van der Waals surface area contributed by atoms with Gasteiger partial charge >= 0.3 is 0 Å². The summed E-state index contributed by atoms with van der Waals surface area (Å²) in [7, 11) is 0. The average Bonchev–Trinajstić information content (AvgIpc) is 2.75. The van der Waals surface area contributed by atoms with Crippen molar-refractivity contribution in [2.75, 3.05) is 0 Å². The first-order valence-corrected chi connectivity index (χ1v) is 5.95. The second-order valence-electron chi connectivity index (χ2n) is 2.70. The molecule has 0 aromatic carbocycles. The first-order chi connectivity index (χ1) is 6.83. The van der Waals surface area contributed by atoms with Crippen LogP contribution in [0.3, 0.4) is 0 Å². The van der Waals surface area contributed by atoms with Gasteiger partial charge in [0.2, 0.25) is 4.96 Å². The first-order valence-electron chi connectivity index (χ1n) is 3.87. The van der Waals surface area contributed by atoms with Gasteiger partial charge in [0.25, 0.3) is 0 Å². The molecule has 3 aromatic rings. The maximum absolute atomic E-state index is 5.85. The number of hydrogen-bond donors (Lipinski definition) is 0. The molecule has 0 spiro atoms. The molecule has 0 fully saturated rings. The third-order valence-corrected chi connectivity index (χ3v) is 3.75. The largest absolute Gasteiger partial charge is 0.217 e. The van der Waals surface area contributed by atoms with Crippen LogP contribution in [0.25, 0.3) is 15.5 Å². The van der Waals surface area contributed by atoms with Gasteiger partial charge in [-0.3, -0.25) is 0 Å². The van der Waals surface area contributed by atoms with Crippen LogP contribution in [0.1, 0.15) is 0 Å². The summed E-state index contributed by atoms with van der Waals surface area (Å²) in [6.07, 6.45) is 1.91. The Kier molecular flexibility index (Phi) is 1.83. The lowest BCUT2D eigenvalue weighted by atomic mass is 10.4. The molecule has 6 heteroatoms. The SMILES string of the molecule is Clc1ccc(-c2cn3ncsc3n2)s1. The van der Waals surface area contributed by atoms with E-state index < -0.39 is 0 Å². The highest BCUT2D eigenvalue weighted by molar-refractivity contribution is 7.19. The minimum absolute atomic E-state index is 0.782. The topological polar surface area (TPSA) is 30.2 Å². The highest BCUT2D eigenvalue weighted by Crippen LogP contribution is 2.30. The van der Waals surface area contributed by atoms with E-state index in [1.807, 2.05) is 18.3 Å². The molecule has 0 bridgehead atoms. The van der Waals surface area contributed by atoms with Crippen molar-refractivity contribution in [2.45, 2.75) is 0 Å². The number of fused-ring (bicyclic) bond motifs is 1. The third kappa shape index (κ3) is 1.25. The number of aromatic nitrogens is 3. The zero-order valence-electron chi connectivity index (χ0n) is 6.85. The number of nitrogens with zero attached hydrogens (tertiary/aromatic N) is 3. The number of hydrogen-bond acceptors (Lipinski definition) is 4. The fourth-order valence-corrected chi connectivity index (χ4v) is 2.81. The Balaban J connectivity index is 2.18. The van der Waals surface area contributed by atoms with Crippen LogP contribution in [0.2, 0.25) is 4.34 Å². The van der Waals surface area contributed by atoms with Gasteiger partial charge < -0.3 is 0 Å². The van der Waals surface area contributed by atoms with Crippen molar-refractivity contribution in [3.05, 3.63) is 28.2 Å². The molecule has 3 heterocycles. The Morgan fingerprint density at radius 3 is 3.00 bits per heavy atom. The second-order valence-corrected chi connectivity index (χ2v) is 5.22. The van der Waals surface area contributed by atoms with Gasteiger partial charge in [-0.15, -0.1) is 11.3 Å². The van der Waals surface area contributed by atoms with Crippen LogP contribution in [0.15, 0.2) is 23.8 Å². The molecule has 0 N–H and O–H groups in total. The van der Waals surface area contributed by atoms with Gasteiger partial charge in [-0.25, -0.2) is 9.50 Å². The standard InChI is InChI=1S/C8H4ClN3S2/c9-7-2-1-6(14-7)5-3-12-8(11-5)13-4-10-12/h1-4H. The van der Waals surface area contributed by atoms with E-state index in [0.29, 0.717) is 0 Å². The van der Waals surface area contributed by atoms with E-state index in [1.165, 1.54) is 22.7 Å². The Labute approximate surface area is 92.6 Å². The van der Waals surface area contributed by atoms with Crippen LogP contribution in [-0.4, -0.2) is 14.6 Å². The van der Waals surface area contributed by atoms with Crippen molar-refractivity contribution >= 4 is 39.2 Å². The normalized spacial score (nSPS) is 11.2. The van der Waals surface area contributed by atoms with Crippen LogP contribution in [0.5, 0.6) is 0 Å². The summed E-state index contributed by atoms with van der Waals surface area (Å²) < 4.78 is 2.55. The lowest BCUT2D eigenvalue weighted by molar-refractivity contribution is 0.974. The van der Waals surface area contributed by atoms with Crippen LogP contribution >= 0.6 is 34.3 Å². The van der Waals surface area contributed by atoms with E-state index in [-0.39, 0.29) is 0 Å². The third-order valence-electron chi connectivity index (χ3n) is 1.81. The Morgan fingerprint density at radius 1 is 1.36 bits per heavy atom. The molecule has 0 radical (unpaired) electrons. The monoisotopic (exact) mass is 241 g/mol. The zero-order chi connectivity index (χ0) is 9.54. The van der Waals surface area contributed by atoms with Crippen LogP contribution in [0, 0.1) is 0 Å².